The Bertz CT molecular complexity index is 1630. The Hall–Kier alpha value is -3.42. The van der Waals surface area contributed by atoms with Crippen molar-refractivity contribution >= 4 is 55.5 Å². The quantitative estimate of drug-likeness (QED) is 0.337. The number of hydrogen-bond acceptors (Lipinski definition) is 5. The number of carbonyl (C=O) groups is 1. The second-order valence-electron chi connectivity index (χ2n) is 7.08. The maximum atomic E-state index is 14.8. The fourth-order valence-electron chi connectivity index (χ4n) is 3.16. The van der Waals surface area contributed by atoms with Crippen molar-refractivity contribution in [2.24, 2.45) is 0 Å². The number of pyridine rings is 1. The van der Waals surface area contributed by atoms with E-state index in [1.54, 1.807) is 4.72 Å². The molecule has 0 aliphatic carbocycles. The van der Waals surface area contributed by atoms with E-state index in [1.807, 2.05) is 0 Å². The number of hydrogen-bond donors (Lipinski definition) is 2. The number of alkyl halides is 3. The summed E-state index contributed by atoms with van der Waals surface area (Å²) in [6.07, 6.45) is -3.46. The van der Waals surface area contributed by atoms with Crippen molar-refractivity contribution in [3.8, 4) is 5.69 Å². The van der Waals surface area contributed by atoms with Crippen molar-refractivity contribution < 1.29 is 30.8 Å². The summed E-state index contributed by atoms with van der Waals surface area (Å²) in [4.78, 5) is 24.9. The molecule has 2 aromatic heterocycles. The predicted octanol–water partition coefficient (Wildman–Crippen LogP) is 5.37. The molecule has 0 radical (unpaired) electrons. The fourth-order valence-corrected chi connectivity index (χ4v) is 5.55. The zero-order chi connectivity index (χ0) is 25.5. The SMILES string of the molecule is O=C(Nc1ccc(-n2ccc3ccc(C(F)(F)F)cc3c2=O)c(F)c1)NS(=O)(=O)c1ccc(Cl)s1. The molecule has 0 bridgehead atoms. The van der Waals surface area contributed by atoms with Crippen LogP contribution in [0, 0.1) is 5.82 Å². The lowest BCUT2D eigenvalue weighted by Crippen LogP contribution is -2.34. The molecule has 0 atom stereocenters. The number of thiophene rings is 1. The van der Waals surface area contributed by atoms with Crippen LogP contribution in [0.3, 0.4) is 0 Å². The average Bonchev–Trinajstić information content (AvgIpc) is 3.21. The molecular formula is C21H12ClF4N3O4S2. The van der Waals surface area contributed by atoms with E-state index in [2.05, 4.69) is 5.32 Å². The van der Waals surface area contributed by atoms with Gasteiger partial charge in [-0.25, -0.2) is 22.3 Å². The Kier molecular flexibility index (Phi) is 6.34. The number of benzene rings is 2. The molecule has 14 heteroatoms. The molecule has 2 N–H and O–H groups in total. The first-order valence-corrected chi connectivity index (χ1v) is 12.1. The second-order valence-corrected chi connectivity index (χ2v) is 10.7. The van der Waals surface area contributed by atoms with Crippen molar-refractivity contribution in [3.05, 3.63) is 86.9 Å². The third kappa shape index (κ3) is 5.16. The maximum Gasteiger partial charge on any atom is 0.416 e. The second kappa shape index (κ2) is 8.98. The third-order valence-electron chi connectivity index (χ3n) is 4.74. The minimum atomic E-state index is -4.66. The van der Waals surface area contributed by atoms with Crippen LogP contribution in [0.4, 0.5) is 28.0 Å². The molecule has 0 fully saturated rings. The van der Waals surface area contributed by atoms with E-state index in [0.29, 0.717) is 6.07 Å². The highest BCUT2D eigenvalue weighted by atomic mass is 35.5. The van der Waals surface area contributed by atoms with Gasteiger partial charge in [-0.1, -0.05) is 17.7 Å². The molecule has 0 spiro atoms. The normalized spacial score (nSPS) is 12.0. The van der Waals surface area contributed by atoms with Crippen LogP contribution in [-0.2, 0) is 16.2 Å². The van der Waals surface area contributed by atoms with Crippen LogP contribution in [0.15, 0.2) is 69.8 Å². The van der Waals surface area contributed by atoms with Gasteiger partial charge in [-0.3, -0.25) is 9.36 Å². The van der Waals surface area contributed by atoms with E-state index in [1.165, 1.54) is 30.5 Å². The standard InChI is InChI=1S/C21H12ClF4N3O4S2/c22-17-5-6-18(34-17)35(32,33)28-20(31)27-13-3-4-16(15(23)10-13)29-8-7-11-1-2-12(21(24,25)26)9-14(11)19(29)30/h1-10H,(H2,27,28,31). The lowest BCUT2D eigenvalue weighted by molar-refractivity contribution is -0.137. The first-order chi connectivity index (χ1) is 16.3. The van der Waals surface area contributed by atoms with Crippen molar-refractivity contribution in [1.82, 2.24) is 9.29 Å². The highest BCUT2D eigenvalue weighted by Gasteiger charge is 2.30. The van der Waals surface area contributed by atoms with Crippen LogP contribution in [0.1, 0.15) is 5.56 Å². The first kappa shape index (κ1) is 24.7. The minimum Gasteiger partial charge on any atom is -0.307 e. The largest absolute Gasteiger partial charge is 0.416 e. The number of halogens is 5. The highest BCUT2D eigenvalue weighted by Crippen LogP contribution is 2.31. The van der Waals surface area contributed by atoms with E-state index < -0.39 is 39.2 Å². The van der Waals surface area contributed by atoms with Gasteiger partial charge >= 0.3 is 12.2 Å². The summed E-state index contributed by atoms with van der Waals surface area (Å²) < 4.78 is 80.8. The summed E-state index contributed by atoms with van der Waals surface area (Å²) >= 11 is 6.43. The van der Waals surface area contributed by atoms with Crippen molar-refractivity contribution in [2.45, 2.75) is 10.4 Å². The van der Waals surface area contributed by atoms with E-state index >= 15 is 0 Å². The number of carbonyl (C=O) groups excluding carboxylic acids is 1. The zero-order valence-electron chi connectivity index (χ0n) is 17.1. The fraction of sp³-hybridized carbons (Fsp3) is 0.0476. The predicted molar refractivity (Wildman–Crippen MR) is 123 cm³/mol. The number of aromatic nitrogens is 1. The summed E-state index contributed by atoms with van der Waals surface area (Å²) in [5.74, 6) is -0.996. The van der Waals surface area contributed by atoms with Crippen molar-refractivity contribution in [1.29, 1.82) is 0 Å². The highest BCUT2D eigenvalue weighted by molar-refractivity contribution is 7.92. The lowest BCUT2D eigenvalue weighted by atomic mass is 10.1. The van der Waals surface area contributed by atoms with Crippen molar-refractivity contribution in [2.75, 3.05) is 5.32 Å². The molecule has 2 heterocycles. The molecule has 35 heavy (non-hydrogen) atoms. The molecule has 182 valence electrons. The van der Waals surface area contributed by atoms with E-state index in [0.717, 1.165) is 40.2 Å². The number of urea groups is 1. The molecule has 4 aromatic rings. The Morgan fingerprint density at radius 3 is 2.40 bits per heavy atom. The zero-order valence-corrected chi connectivity index (χ0v) is 19.4. The number of fused-ring (bicyclic) bond motifs is 1. The summed E-state index contributed by atoms with van der Waals surface area (Å²) in [6.45, 7) is 0. The minimum absolute atomic E-state index is 0.142. The van der Waals surface area contributed by atoms with Gasteiger partial charge in [0.2, 0.25) is 0 Å². The lowest BCUT2D eigenvalue weighted by Gasteiger charge is -2.12. The molecule has 7 nitrogen and oxygen atoms in total. The number of rotatable bonds is 4. The van der Waals surface area contributed by atoms with Gasteiger partial charge in [0.05, 0.1) is 15.6 Å². The van der Waals surface area contributed by atoms with E-state index in [-0.39, 0.29) is 30.7 Å². The molecule has 4 rings (SSSR count). The monoisotopic (exact) mass is 545 g/mol. The van der Waals surface area contributed by atoms with Gasteiger partial charge in [0.1, 0.15) is 10.0 Å². The van der Waals surface area contributed by atoms with Crippen LogP contribution >= 0.6 is 22.9 Å². The Labute approximate surface area is 203 Å². The number of nitrogens with one attached hydrogen (secondary N) is 2. The van der Waals surface area contributed by atoms with E-state index in [4.69, 9.17) is 11.6 Å². The molecule has 0 aliphatic heterocycles. The number of amides is 2. The molecule has 0 aliphatic rings. The van der Waals surface area contributed by atoms with Gasteiger partial charge in [-0.2, -0.15) is 13.2 Å². The summed E-state index contributed by atoms with van der Waals surface area (Å²) in [5.41, 5.74) is -2.34. The average molecular weight is 546 g/mol. The van der Waals surface area contributed by atoms with Crippen LogP contribution in [0.25, 0.3) is 16.5 Å². The topological polar surface area (TPSA) is 97.3 Å². The van der Waals surface area contributed by atoms with Crippen LogP contribution < -0.4 is 15.6 Å². The summed E-state index contributed by atoms with van der Waals surface area (Å²) in [6, 6.07) is 8.52. The molecule has 0 saturated heterocycles. The Morgan fingerprint density at radius 1 is 1.03 bits per heavy atom. The van der Waals surface area contributed by atoms with Crippen LogP contribution in [0.2, 0.25) is 4.34 Å². The maximum absolute atomic E-state index is 14.8. The molecule has 2 amide bonds. The Balaban J connectivity index is 1.60. The summed E-state index contributed by atoms with van der Waals surface area (Å²) in [5, 5.41) is 2.13. The van der Waals surface area contributed by atoms with Gasteiger partial charge in [0, 0.05) is 17.3 Å². The Morgan fingerprint density at radius 2 is 1.77 bits per heavy atom. The first-order valence-electron chi connectivity index (χ1n) is 9.47. The molecular weight excluding hydrogens is 534 g/mol. The van der Waals surface area contributed by atoms with Gasteiger partial charge in [-0.05, 0) is 53.9 Å². The van der Waals surface area contributed by atoms with Crippen LogP contribution in [0.5, 0.6) is 0 Å². The number of sulfonamides is 1. The van der Waals surface area contributed by atoms with E-state index in [9.17, 15) is 35.6 Å². The molecule has 2 aromatic carbocycles. The smallest absolute Gasteiger partial charge is 0.307 e. The van der Waals surface area contributed by atoms with Crippen LogP contribution in [-0.4, -0.2) is 19.0 Å². The number of nitrogens with zero attached hydrogens (tertiary/aromatic N) is 1. The van der Waals surface area contributed by atoms with Gasteiger partial charge in [0.15, 0.2) is 0 Å². The number of anilines is 1. The van der Waals surface area contributed by atoms with Gasteiger partial charge in [-0.15, -0.1) is 11.3 Å². The van der Waals surface area contributed by atoms with Gasteiger partial charge < -0.3 is 5.32 Å². The molecule has 0 unspecified atom stereocenters. The molecule has 0 saturated carbocycles. The third-order valence-corrected chi connectivity index (χ3v) is 7.79. The van der Waals surface area contributed by atoms with Gasteiger partial charge in [0.25, 0.3) is 15.6 Å². The van der Waals surface area contributed by atoms with Crippen molar-refractivity contribution in [3.63, 3.8) is 0 Å². The summed E-state index contributed by atoms with van der Waals surface area (Å²) in [7, 11) is -4.21.